The molecular formula is C13H24N2O4. The number of urea groups is 1. The SMILES string of the molecule is CCC(C)[C@H](NC(=O)N(C)C1CCOC1C)C(=O)O. The highest BCUT2D eigenvalue weighted by molar-refractivity contribution is 5.82. The molecule has 19 heavy (non-hydrogen) atoms. The van der Waals surface area contributed by atoms with E-state index < -0.39 is 12.0 Å². The second-order valence-corrected chi connectivity index (χ2v) is 5.19. The van der Waals surface area contributed by atoms with Crippen LogP contribution in [0.3, 0.4) is 0 Å². The second kappa shape index (κ2) is 6.75. The van der Waals surface area contributed by atoms with Gasteiger partial charge in [0.15, 0.2) is 0 Å². The van der Waals surface area contributed by atoms with Crippen molar-refractivity contribution in [1.29, 1.82) is 0 Å². The van der Waals surface area contributed by atoms with Crippen molar-refractivity contribution in [2.45, 2.75) is 51.8 Å². The van der Waals surface area contributed by atoms with Crippen LogP contribution >= 0.6 is 0 Å². The van der Waals surface area contributed by atoms with E-state index in [4.69, 9.17) is 9.84 Å². The number of rotatable bonds is 5. The number of hydrogen-bond donors (Lipinski definition) is 2. The minimum absolute atomic E-state index is 0.00591. The normalized spacial score (nSPS) is 25.7. The molecule has 0 bridgehead atoms. The molecule has 1 fully saturated rings. The minimum Gasteiger partial charge on any atom is -0.480 e. The third-order valence-corrected chi connectivity index (χ3v) is 3.91. The zero-order valence-corrected chi connectivity index (χ0v) is 12.0. The number of carboxylic acids is 1. The summed E-state index contributed by atoms with van der Waals surface area (Å²) in [5, 5.41) is 11.8. The Morgan fingerprint density at radius 3 is 2.58 bits per heavy atom. The van der Waals surface area contributed by atoms with Crippen LogP contribution < -0.4 is 5.32 Å². The number of carbonyl (C=O) groups is 2. The summed E-state index contributed by atoms with van der Waals surface area (Å²) in [5.41, 5.74) is 0. The van der Waals surface area contributed by atoms with E-state index in [1.807, 2.05) is 20.8 Å². The lowest BCUT2D eigenvalue weighted by Gasteiger charge is -2.29. The largest absolute Gasteiger partial charge is 0.480 e. The Bertz CT molecular complexity index is 335. The van der Waals surface area contributed by atoms with Gasteiger partial charge < -0.3 is 20.1 Å². The van der Waals surface area contributed by atoms with Gasteiger partial charge in [0.2, 0.25) is 0 Å². The number of nitrogens with one attached hydrogen (secondary N) is 1. The summed E-state index contributed by atoms with van der Waals surface area (Å²) in [6.45, 7) is 6.28. The number of carbonyl (C=O) groups excluding carboxylic acids is 1. The molecule has 0 aromatic heterocycles. The first kappa shape index (κ1) is 15.8. The summed E-state index contributed by atoms with van der Waals surface area (Å²) >= 11 is 0. The molecule has 0 aromatic rings. The van der Waals surface area contributed by atoms with Crippen LogP contribution in [-0.4, -0.2) is 53.8 Å². The molecule has 6 nitrogen and oxygen atoms in total. The van der Waals surface area contributed by atoms with Crippen LogP contribution in [0.2, 0.25) is 0 Å². The van der Waals surface area contributed by atoms with Crippen molar-refractivity contribution >= 4 is 12.0 Å². The lowest BCUT2D eigenvalue weighted by molar-refractivity contribution is -0.140. The first-order valence-corrected chi connectivity index (χ1v) is 6.76. The number of nitrogens with zero attached hydrogens (tertiary/aromatic N) is 1. The molecule has 0 spiro atoms. The van der Waals surface area contributed by atoms with Crippen molar-refractivity contribution in [2.24, 2.45) is 5.92 Å². The van der Waals surface area contributed by atoms with Gasteiger partial charge >= 0.3 is 12.0 Å². The zero-order valence-electron chi connectivity index (χ0n) is 12.0. The number of aliphatic carboxylic acids is 1. The molecule has 0 saturated carbocycles. The molecule has 2 amide bonds. The molecule has 4 atom stereocenters. The van der Waals surface area contributed by atoms with Crippen LogP contribution in [0.25, 0.3) is 0 Å². The predicted molar refractivity (Wildman–Crippen MR) is 71.0 cm³/mol. The lowest BCUT2D eigenvalue weighted by atomic mass is 9.99. The third-order valence-electron chi connectivity index (χ3n) is 3.91. The second-order valence-electron chi connectivity index (χ2n) is 5.19. The van der Waals surface area contributed by atoms with Crippen molar-refractivity contribution in [3.63, 3.8) is 0 Å². The molecule has 0 aromatic carbocycles. The van der Waals surface area contributed by atoms with Crippen LogP contribution in [0.4, 0.5) is 4.79 Å². The summed E-state index contributed by atoms with van der Waals surface area (Å²) < 4.78 is 5.42. The van der Waals surface area contributed by atoms with Gasteiger partial charge in [-0.3, -0.25) is 0 Å². The number of ether oxygens (including phenoxy) is 1. The van der Waals surface area contributed by atoms with Gasteiger partial charge in [-0.1, -0.05) is 20.3 Å². The fourth-order valence-corrected chi connectivity index (χ4v) is 2.30. The van der Waals surface area contributed by atoms with Crippen molar-refractivity contribution < 1.29 is 19.4 Å². The molecule has 6 heteroatoms. The third kappa shape index (κ3) is 3.83. The molecule has 1 rings (SSSR count). The van der Waals surface area contributed by atoms with E-state index in [1.165, 1.54) is 0 Å². The van der Waals surface area contributed by atoms with Gasteiger partial charge in [-0.15, -0.1) is 0 Å². The number of hydrogen-bond acceptors (Lipinski definition) is 3. The molecule has 1 aliphatic rings. The molecule has 3 unspecified atom stereocenters. The van der Waals surface area contributed by atoms with Gasteiger partial charge in [0.1, 0.15) is 6.04 Å². The van der Waals surface area contributed by atoms with Gasteiger partial charge in [-0.2, -0.15) is 0 Å². The zero-order chi connectivity index (χ0) is 14.6. The summed E-state index contributed by atoms with van der Waals surface area (Å²) in [6.07, 6.45) is 1.47. The maximum atomic E-state index is 12.1. The van der Waals surface area contributed by atoms with Gasteiger partial charge in [0.25, 0.3) is 0 Å². The number of carboxylic acid groups (broad SMARTS) is 1. The fraction of sp³-hybridized carbons (Fsp3) is 0.846. The van der Waals surface area contributed by atoms with Crippen LogP contribution in [0.1, 0.15) is 33.6 Å². The Labute approximate surface area is 114 Å². The average Bonchev–Trinajstić information content (AvgIpc) is 2.79. The van der Waals surface area contributed by atoms with Crippen LogP contribution in [0.5, 0.6) is 0 Å². The Morgan fingerprint density at radius 1 is 1.53 bits per heavy atom. The quantitative estimate of drug-likeness (QED) is 0.790. The Kier molecular flexibility index (Phi) is 5.60. The highest BCUT2D eigenvalue weighted by Gasteiger charge is 2.33. The summed E-state index contributed by atoms with van der Waals surface area (Å²) in [5.74, 6) is -1.10. The van der Waals surface area contributed by atoms with Gasteiger partial charge in [0.05, 0.1) is 12.1 Å². The first-order chi connectivity index (χ1) is 8.88. The molecular weight excluding hydrogens is 248 g/mol. The molecule has 1 saturated heterocycles. The summed E-state index contributed by atoms with van der Waals surface area (Å²) in [6, 6.07) is -1.20. The highest BCUT2D eigenvalue weighted by Crippen LogP contribution is 2.18. The van der Waals surface area contributed by atoms with Crippen LogP contribution in [0.15, 0.2) is 0 Å². The average molecular weight is 272 g/mol. The standard InChI is InChI=1S/C13H24N2O4/c1-5-8(2)11(12(16)17)14-13(18)15(4)10-6-7-19-9(10)3/h8-11H,5-7H2,1-4H3,(H,14,18)(H,16,17)/t8?,9?,10?,11-/m0/s1. The van der Waals surface area contributed by atoms with Crippen molar-refractivity contribution in [2.75, 3.05) is 13.7 Å². The number of amides is 2. The van der Waals surface area contributed by atoms with Crippen molar-refractivity contribution in [3.8, 4) is 0 Å². The lowest BCUT2D eigenvalue weighted by Crippen LogP contribution is -2.53. The number of likely N-dealkylation sites (N-methyl/N-ethyl adjacent to an activating group) is 1. The summed E-state index contributed by atoms with van der Waals surface area (Å²) in [7, 11) is 1.68. The predicted octanol–water partition coefficient (Wildman–Crippen LogP) is 1.30. The minimum atomic E-state index is -0.994. The molecule has 1 heterocycles. The summed E-state index contributed by atoms with van der Waals surface area (Å²) in [4.78, 5) is 24.8. The molecule has 110 valence electrons. The Balaban J connectivity index is 2.63. The van der Waals surface area contributed by atoms with E-state index in [1.54, 1.807) is 11.9 Å². The van der Waals surface area contributed by atoms with Crippen molar-refractivity contribution in [3.05, 3.63) is 0 Å². The highest BCUT2D eigenvalue weighted by atomic mass is 16.5. The van der Waals surface area contributed by atoms with Crippen molar-refractivity contribution in [1.82, 2.24) is 10.2 Å². The van der Waals surface area contributed by atoms with Gasteiger partial charge in [0, 0.05) is 13.7 Å². The van der Waals surface area contributed by atoms with E-state index in [0.717, 1.165) is 6.42 Å². The van der Waals surface area contributed by atoms with Gasteiger partial charge in [-0.05, 0) is 19.3 Å². The van der Waals surface area contributed by atoms with E-state index in [2.05, 4.69) is 5.32 Å². The van der Waals surface area contributed by atoms with E-state index in [-0.39, 0.29) is 24.1 Å². The van der Waals surface area contributed by atoms with E-state index in [9.17, 15) is 9.59 Å². The maximum absolute atomic E-state index is 12.1. The molecule has 0 radical (unpaired) electrons. The fourth-order valence-electron chi connectivity index (χ4n) is 2.30. The Morgan fingerprint density at radius 2 is 2.16 bits per heavy atom. The van der Waals surface area contributed by atoms with Gasteiger partial charge in [-0.25, -0.2) is 9.59 Å². The first-order valence-electron chi connectivity index (χ1n) is 6.76. The monoisotopic (exact) mass is 272 g/mol. The molecule has 2 N–H and O–H groups in total. The molecule has 1 aliphatic heterocycles. The van der Waals surface area contributed by atoms with E-state index >= 15 is 0 Å². The smallest absolute Gasteiger partial charge is 0.326 e. The Hall–Kier alpha value is -1.30. The van der Waals surface area contributed by atoms with Crippen LogP contribution in [-0.2, 0) is 9.53 Å². The molecule has 0 aliphatic carbocycles. The maximum Gasteiger partial charge on any atom is 0.326 e. The topological polar surface area (TPSA) is 78.9 Å². The van der Waals surface area contributed by atoms with Crippen LogP contribution in [0, 0.1) is 5.92 Å². The van der Waals surface area contributed by atoms with E-state index in [0.29, 0.717) is 13.0 Å².